The molecular formula is C39H51Cl3SiTi. The molecular weight excluding hydrogens is 651 g/mol. The fourth-order valence-electron chi connectivity index (χ4n) is 6.49. The standard InChI is InChI=1S/C39H51Si.3ClH.Ti/c1-6-10-13-32-16-23-36(24-17-32)40(39-29-22-35(30-39)31(5)9-4,37-25-18-33(19-26-37)14-11-7-2)38-27-20-34(21-28-38)15-12-8-3;;;;/h16-31H,6-15H2,1-5H3;3*1H;/q;;;;+3/p-3. The van der Waals surface area contributed by atoms with Gasteiger partial charge in [0.1, 0.15) is 0 Å². The monoisotopic (exact) mass is 700 g/mol. The van der Waals surface area contributed by atoms with Crippen LogP contribution in [0.1, 0.15) is 96.3 Å². The van der Waals surface area contributed by atoms with Crippen molar-refractivity contribution in [1.82, 2.24) is 0 Å². The number of hydrogen-bond acceptors (Lipinski definition) is 0. The third-order valence-corrected chi connectivity index (χ3v) is 16.7. The fourth-order valence-corrected chi connectivity index (χ4v) is 14.1. The maximum absolute atomic E-state index is 2.66. The summed E-state index contributed by atoms with van der Waals surface area (Å²) in [6.07, 6.45) is 19.8. The van der Waals surface area contributed by atoms with Crippen molar-refractivity contribution in [2.75, 3.05) is 0 Å². The average Bonchev–Trinajstić information content (AvgIpc) is 3.42. The number of hydrogen-bond donors (Lipinski definition) is 0. The SMILES string of the molecule is CCCCc1ccc([Si](c2ccc(CCCC)cc2)(c2ccc(CCCC)cc2)[C]2([Ti+3])C=CC(C(C)CC)=C2)cc1.[Cl-].[Cl-].[Cl-]. The summed E-state index contributed by atoms with van der Waals surface area (Å²) < 4.78 is -0.0629. The molecule has 236 valence electrons. The van der Waals surface area contributed by atoms with E-state index >= 15 is 0 Å². The van der Waals surface area contributed by atoms with Crippen LogP contribution in [-0.2, 0) is 39.7 Å². The first kappa shape index (κ1) is 41.0. The molecule has 4 rings (SSSR count). The van der Waals surface area contributed by atoms with E-state index < -0.39 is 8.07 Å². The van der Waals surface area contributed by atoms with Crippen molar-refractivity contribution in [2.24, 2.45) is 5.92 Å². The molecule has 3 aromatic carbocycles. The van der Waals surface area contributed by atoms with Gasteiger partial charge in [0.2, 0.25) is 0 Å². The van der Waals surface area contributed by atoms with E-state index in [2.05, 4.69) is 146 Å². The van der Waals surface area contributed by atoms with E-state index in [1.54, 1.807) is 0 Å². The van der Waals surface area contributed by atoms with Crippen molar-refractivity contribution in [3.05, 3.63) is 113 Å². The quantitative estimate of drug-likeness (QED) is 0.155. The number of benzene rings is 3. The molecule has 3 aromatic rings. The van der Waals surface area contributed by atoms with Gasteiger partial charge in [0.15, 0.2) is 0 Å². The van der Waals surface area contributed by atoms with Gasteiger partial charge >= 0.3 is 265 Å². The molecule has 1 aliphatic rings. The van der Waals surface area contributed by atoms with Gasteiger partial charge in [0, 0.05) is 0 Å². The van der Waals surface area contributed by atoms with Gasteiger partial charge in [-0.05, 0) is 0 Å². The van der Waals surface area contributed by atoms with Crippen molar-refractivity contribution < 1.29 is 57.7 Å². The van der Waals surface area contributed by atoms with Gasteiger partial charge < -0.3 is 37.2 Å². The van der Waals surface area contributed by atoms with Gasteiger partial charge in [-0.25, -0.2) is 0 Å². The van der Waals surface area contributed by atoms with Gasteiger partial charge in [0.05, 0.1) is 0 Å². The first-order valence-electron chi connectivity index (χ1n) is 16.4. The summed E-state index contributed by atoms with van der Waals surface area (Å²) in [5, 5.41) is 4.57. The van der Waals surface area contributed by atoms with E-state index in [1.807, 2.05) is 0 Å². The molecule has 0 nitrogen and oxygen atoms in total. The van der Waals surface area contributed by atoms with Crippen LogP contribution in [0.15, 0.2) is 96.6 Å². The van der Waals surface area contributed by atoms with Gasteiger partial charge in [-0.2, -0.15) is 0 Å². The molecule has 2 atom stereocenters. The van der Waals surface area contributed by atoms with Crippen molar-refractivity contribution in [3.8, 4) is 0 Å². The molecule has 5 heteroatoms. The van der Waals surface area contributed by atoms with Crippen molar-refractivity contribution in [2.45, 2.75) is 102 Å². The summed E-state index contributed by atoms with van der Waals surface area (Å²) in [6, 6.07) is 29.6. The Morgan fingerprint density at radius 3 is 1.23 bits per heavy atom. The maximum atomic E-state index is 2.66. The minimum absolute atomic E-state index is 0. The van der Waals surface area contributed by atoms with Crippen LogP contribution < -0.4 is 52.8 Å². The van der Waals surface area contributed by atoms with Crippen LogP contribution >= 0.6 is 0 Å². The van der Waals surface area contributed by atoms with Crippen molar-refractivity contribution in [3.63, 3.8) is 0 Å². The summed E-state index contributed by atoms with van der Waals surface area (Å²) in [5.74, 6) is 0.573. The Bertz CT molecular complexity index is 1170. The van der Waals surface area contributed by atoms with E-state index in [9.17, 15) is 0 Å². The van der Waals surface area contributed by atoms with Crippen LogP contribution in [0.2, 0.25) is 3.34 Å². The summed E-state index contributed by atoms with van der Waals surface area (Å²) in [6.45, 7) is 11.6. The van der Waals surface area contributed by atoms with E-state index in [4.69, 9.17) is 0 Å². The summed E-state index contributed by atoms with van der Waals surface area (Å²) in [7, 11) is -2.54. The second kappa shape index (κ2) is 19.6. The zero-order valence-electron chi connectivity index (χ0n) is 27.4. The Hall–Kier alpha value is -1.06. The fraction of sp³-hybridized carbons (Fsp3) is 0.436. The second-order valence-electron chi connectivity index (χ2n) is 12.3. The Balaban J connectivity index is 0.00000323. The first-order chi connectivity index (χ1) is 19.9. The predicted octanol–water partition coefficient (Wildman–Crippen LogP) is -0.0164. The van der Waals surface area contributed by atoms with Crippen LogP contribution in [0.3, 0.4) is 0 Å². The second-order valence-corrected chi connectivity index (χ2v) is 18.4. The van der Waals surface area contributed by atoms with Crippen LogP contribution in [0.25, 0.3) is 0 Å². The maximum Gasteiger partial charge on any atom is -1.00 e. The molecule has 0 spiro atoms. The summed E-state index contributed by atoms with van der Waals surface area (Å²) >= 11 is 2.53. The van der Waals surface area contributed by atoms with Crippen LogP contribution in [0.4, 0.5) is 0 Å². The number of allylic oxidation sites excluding steroid dienone is 4. The zero-order chi connectivity index (χ0) is 29.3. The molecule has 0 saturated heterocycles. The van der Waals surface area contributed by atoms with E-state index in [0.717, 1.165) is 0 Å². The predicted molar refractivity (Wildman–Crippen MR) is 179 cm³/mol. The van der Waals surface area contributed by atoms with Crippen LogP contribution in [0.5, 0.6) is 0 Å². The molecule has 0 fully saturated rings. The largest absolute Gasteiger partial charge is 1.00 e. The number of halogens is 3. The molecule has 44 heavy (non-hydrogen) atoms. The van der Waals surface area contributed by atoms with Crippen molar-refractivity contribution >= 4 is 23.6 Å². The Morgan fingerprint density at radius 2 is 0.932 bits per heavy atom. The van der Waals surface area contributed by atoms with Crippen LogP contribution in [-0.4, -0.2) is 8.07 Å². The molecule has 1 aliphatic carbocycles. The Morgan fingerprint density at radius 1 is 0.591 bits per heavy atom. The molecule has 0 amide bonds. The average molecular weight is 702 g/mol. The first-order valence-corrected chi connectivity index (χ1v) is 19.1. The molecule has 0 saturated carbocycles. The summed E-state index contributed by atoms with van der Waals surface area (Å²) in [4.78, 5) is 0. The minimum Gasteiger partial charge on any atom is -1.00 e. The topological polar surface area (TPSA) is 0 Å². The zero-order valence-corrected chi connectivity index (χ0v) is 32.3. The molecule has 2 unspecified atom stereocenters. The van der Waals surface area contributed by atoms with E-state index in [1.165, 1.54) is 102 Å². The van der Waals surface area contributed by atoms with Gasteiger partial charge in [-0.3, -0.25) is 0 Å². The normalized spacial score (nSPS) is 16.4. The molecule has 0 aliphatic heterocycles. The third-order valence-electron chi connectivity index (χ3n) is 9.35. The number of rotatable bonds is 15. The van der Waals surface area contributed by atoms with Gasteiger partial charge in [0.25, 0.3) is 0 Å². The Kier molecular flexibility index (Phi) is 18.2. The third kappa shape index (κ3) is 9.05. The number of aryl methyl sites for hydroxylation is 3. The molecule has 0 heterocycles. The Labute approximate surface area is 300 Å². The van der Waals surface area contributed by atoms with Crippen LogP contribution in [0, 0.1) is 5.92 Å². The molecule has 0 bridgehead atoms. The minimum atomic E-state index is -2.54. The summed E-state index contributed by atoms with van der Waals surface area (Å²) in [5.41, 5.74) is 5.90. The van der Waals surface area contributed by atoms with Crippen molar-refractivity contribution in [1.29, 1.82) is 0 Å². The molecule has 0 N–H and O–H groups in total. The van der Waals surface area contributed by atoms with Gasteiger partial charge in [-0.15, -0.1) is 0 Å². The smallest absolute Gasteiger partial charge is 1.00 e. The number of unbranched alkanes of at least 4 members (excludes halogenated alkanes) is 3. The molecule has 0 radical (unpaired) electrons. The van der Waals surface area contributed by atoms with Gasteiger partial charge in [-0.1, -0.05) is 0 Å². The molecule has 0 aromatic heterocycles. The van der Waals surface area contributed by atoms with E-state index in [-0.39, 0.29) is 40.6 Å². The van der Waals surface area contributed by atoms with E-state index in [0.29, 0.717) is 5.92 Å².